The lowest BCUT2D eigenvalue weighted by atomic mass is 10.4. The lowest BCUT2D eigenvalue weighted by Crippen LogP contribution is -2.11. The van der Waals surface area contributed by atoms with Crippen molar-refractivity contribution in [3.05, 3.63) is 27.6 Å². The smallest absolute Gasteiger partial charge is 0.336 e. The summed E-state index contributed by atoms with van der Waals surface area (Å²) in [7, 11) is -3.78. The van der Waals surface area contributed by atoms with Crippen LogP contribution in [-0.4, -0.2) is 24.5 Å². The predicted molar refractivity (Wildman–Crippen MR) is 73.7 cm³/mol. The summed E-state index contributed by atoms with van der Waals surface area (Å²) in [5, 5.41) is 10.3. The summed E-state index contributed by atoms with van der Waals surface area (Å²) in [6.45, 7) is 3.63. The summed E-state index contributed by atoms with van der Waals surface area (Å²) in [5.74, 6) is -1.15. The highest BCUT2D eigenvalue weighted by atomic mass is 32.2. The Balaban J connectivity index is 2.29. The zero-order valence-corrected chi connectivity index (χ0v) is 12.4. The average molecular weight is 318 g/mol. The summed E-state index contributed by atoms with van der Waals surface area (Å²) in [6, 6.07) is 1.13. The van der Waals surface area contributed by atoms with Crippen LogP contribution < -0.4 is 4.72 Å². The van der Waals surface area contributed by atoms with Crippen molar-refractivity contribution in [3.63, 3.8) is 0 Å². The SMILES string of the molecule is Cc1nc(NS(=O)(=O)c2cc(C(=O)O)cs2)sc1C. The highest BCUT2D eigenvalue weighted by Crippen LogP contribution is 2.26. The Labute approximate surface area is 117 Å². The second-order valence-electron chi connectivity index (χ2n) is 3.73. The summed E-state index contributed by atoms with van der Waals surface area (Å²) >= 11 is 2.10. The van der Waals surface area contributed by atoms with Crippen LogP contribution in [0.1, 0.15) is 20.9 Å². The number of carboxylic acids is 1. The molecule has 0 spiro atoms. The Bertz CT molecular complexity index is 710. The van der Waals surface area contributed by atoms with Gasteiger partial charge in [0, 0.05) is 10.3 Å². The molecule has 2 aromatic rings. The molecule has 0 atom stereocenters. The molecule has 0 aliphatic carbocycles. The van der Waals surface area contributed by atoms with Crippen LogP contribution in [0.5, 0.6) is 0 Å². The van der Waals surface area contributed by atoms with E-state index < -0.39 is 16.0 Å². The minimum absolute atomic E-state index is 0.0446. The highest BCUT2D eigenvalue weighted by molar-refractivity contribution is 7.94. The molecule has 0 fully saturated rings. The maximum atomic E-state index is 12.0. The molecule has 0 amide bonds. The van der Waals surface area contributed by atoms with Gasteiger partial charge in [-0.1, -0.05) is 0 Å². The fraction of sp³-hybridized carbons (Fsp3) is 0.200. The van der Waals surface area contributed by atoms with E-state index in [-0.39, 0.29) is 14.9 Å². The standard InChI is InChI=1S/C10H10N2O4S3/c1-5-6(2)18-10(11-5)12-19(15,16)8-3-7(4-17-8)9(13)14/h3-4H,1-2H3,(H,11,12)(H,13,14). The van der Waals surface area contributed by atoms with E-state index in [1.54, 1.807) is 6.92 Å². The molecule has 0 bridgehead atoms. The Morgan fingerprint density at radius 1 is 1.42 bits per heavy atom. The summed E-state index contributed by atoms with van der Waals surface area (Å²) in [5.41, 5.74) is 0.719. The lowest BCUT2D eigenvalue weighted by molar-refractivity contribution is 0.0697. The van der Waals surface area contributed by atoms with E-state index >= 15 is 0 Å². The number of sulfonamides is 1. The van der Waals surface area contributed by atoms with Crippen molar-refractivity contribution in [1.29, 1.82) is 0 Å². The van der Waals surface area contributed by atoms with Gasteiger partial charge < -0.3 is 5.11 Å². The number of aryl methyl sites for hydroxylation is 2. The molecule has 0 radical (unpaired) electrons. The fourth-order valence-electron chi connectivity index (χ4n) is 1.25. The molecular formula is C10H10N2O4S3. The van der Waals surface area contributed by atoms with Gasteiger partial charge in [-0.25, -0.2) is 18.2 Å². The maximum absolute atomic E-state index is 12.0. The van der Waals surface area contributed by atoms with Gasteiger partial charge in [0.05, 0.1) is 11.3 Å². The van der Waals surface area contributed by atoms with Gasteiger partial charge in [-0.2, -0.15) is 0 Å². The summed E-state index contributed by atoms with van der Waals surface area (Å²) < 4.78 is 26.4. The summed E-state index contributed by atoms with van der Waals surface area (Å²) in [6.07, 6.45) is 0. The van der Waals surface area contributed by atoms with Gasteiger partial charge in [-0.05, 0) is 19.9 Å². The monoisotopic (exact) mass is 318 g/mol. The average Bonchev–Trinajstić information content (AvgIpc) is 2.86. The first-order valence-corrected chi connectivity index (χ1v) is 8.26. The van der Waals surface area contributed by atoms with E-state index in [0.29, 0.717) is 0 Å². The van der Waals surface area contributed by atoms with Crippen LogP contribution in [0.3, 0.4) is 0 Å². The number of aromatic nitrogens is 1. The first-order chi connectivity index (χ1) is 8.79. The van der Waals surface area contributed by atoms with Gasteiger partial charge in [0.1, 0.15) is 4.21 Å². The largest absolute Gasteiger partial charge is 0.478 e. The van der Waals surface area contributed by atoms with Crippen molar-refractivity contribution in [2.75, 3.05) is 4.72 Å². The molecule has 0 saturated carbocycles. The molecule has 0 aliphatic rings. The van der Waals surface area contributed by atoms with Gasteiger partial charge in [0.2, 0.25) is 0 Å². The van der Waals surface area contributed by atoms with Crippen molar-refractivity contribution < 1.29 is 18.3 Å². The topological polar surface area (TPSA) is 96.4 Å². The highest BCUT2D eigenvalue weighted by Gasteiger charge is 2.20. The maximum Gasteiger partial charge on any atom is 0.336 e. The molecule has 0 aliphatic heterocycles. The van der Waals surface area contributed by atoms with Crippen molar-refractivity contribution in [3.8, 4) is 0 Å². The fourth-order valence-corrected chi connectivity index (χ4v) is 4.45. The quantitative estimate of drug-likeness (QED) is 0.902. The number of carbonyl (C=O) groups is 1. The third-order valence-corrected chi connectivity index (χ3v) is 6.23. The number of nitrogens with zero attached hydrogens (tertiary/aromatic N) is 1. The molecule has 6 nitrogen and oxygen atoms in total. The Kier molecular flexibility index (Phi) is 3.61. The van der Waals surface area contributed by atoms with Crippen molar-refractivity contribution in [2.45, 2.75) is 18.1 Å². The number of carboxylic acid groups (broad SMARTS) is 1. The molecule has 2 N–H and O–H groups in total. The van der Waals surface area contributed by atoms with Crippen LogP contribution in [0.25, 0.3) is 0 Å². The van der Waals surface area contributed by atoms with Gasteiger partial charge in [0.15, 0.2) is 5.13 Å². The summed E-state index contributed by atoms with van der Waals surface area (Å²) in [4.78, 5) is 15.7. The number of rotatable bonds is 4. The minimum atomic E-state index is -3.78. The van der Waals surface area contributed by atoms with Crippen LogP contribution in [0.4, 0.5) is 5.13 Å². The zero-order chi connectivity index (χ0) is 14.2. The first kappa shape index (κ1) is 14.0. The molecule has 2 heterocycles. The van der Waals surface area contributed by atoms with Crippen LogP contribution in [0.2, 0.25) is 0 Å². The van der Waals surface area contributed by atoms with Gasteiger partial charge in [-0.15, -0.1) is 22.7 Å². The van der Waals surface area contributed by atoms with Crippen molar-refractivity contribution in [1.82, 2.24) is 4.98 Å². The van der Waals surface area contributed by atoms with Gasteiger partial charge in [0.25, 0.3) is 10.0 Å². The molecule has 9 heteroatoms. The zero-order valence-electron chi connectivity index (χ0n) is 10.00. The third-order valence-electron chi connectivity index (χ3n) is 2.34. The third kappa shape index (κ3) is 2.94. The van der Waals surface area contributed by atoms with Crippen LogP contribution in [-0.2, 0) is 10.0 Å². The Hall–Kier alpha value is -1.45. The number of aromatic carboxylic acids is 1. The lowest BCUT2D eigenvalue weighted by Gasteiger charge is -2.01. The molecule has 2 aromatic heterocycles. The second-order valence-corrected chi connectivity index (χ2v) is 7.75. The number of hydrogen-bond acceptors (Lipinski definition) is 6. The predicted octanol–water partition coefficient (Wildman–Crippen LogP) is 2.32. The number of nitrogens with one attached hydrogen (secondary N) is 1. The van der Waals surface area contributed by atoms with Gasteiger partial charge >= 0.3 is 5.97 Å². The normalized spacial score (nSPS) is 11.5. The second kappa shape index (κ2) is 4.91. The number of thiazole rings is 1. The molecule has 0 aromatic carbocycles. The van der Waals surface area contributed by atoms with Crippen molar-refractivity contribution >= 4 is 43.8 Å². The van der Waals surface area contributed by atoms with E-state index in [0.717, 1.165) is 28.0 Å². The molecule has 19 heavy (non-hydrogen) atoms. The number of hydrogen-bond donors (Lipinski definition) is 2. The minimum Gasteiger partial charge on any atom is -0.478 e. The molecule has 2 rings (SSSR count). The Morgan fingerprint density at radius 2 is 2.11 bits per heavy atom. The van der Waals surface area contributed by atoms with E-state index in [1.807, 2.05) is 6.92 Å². The molecule has 102 valence electrons. The van der Waals surface area contributed by atoms with Gasteiger partial charge in [-0.3, -0.25) is 4.72 Å². The Morgan fingerprint density at radius 3 is 2.58 bits per heavy atom. The van der Waals surface area contributed by atoms with Crippen molar-refractivity contribution in [2.24, 2.45) is 0 Å². The number of anilines is 1. The first-order valence-electron chi connectivity index (χ1n) is 5.08. The molecule has 0 unspecified atom stereocenters. The molecule has 0 saturated heterocycles. The van der Waals surface area contributed by atoms with E-state index in [4.69, 9.17) is 5.11 Å². The van der Waals surface area contributed by atoms with E-state index in [2.05, 4.69) is 9.71 Å². The van der Waals surface area contributed by atoms with Crippen LogP contribution in [0, 0.1) is 13.8 Å². The van der Waals surface area contributed by atoms with Crippen LogP contribution in [0.15, 0.2) is 15.7 Å². The van der Waals surface area contributed by atoms with E-state index in [1.165, 1.54) is 16.7 Å². The molecular weight excluding hydrogens is 308 g/mol. The van der Waals surface area contributed by atoms with E-state index in [9.17, 15) is 13.2 Å². The number of thiophene rings is 1. The van der Waals surface area contributed by atoms with Crippen LogP contribution >= 0.6 is 22.7 Å².